The minimum Gasteiger partial charge on any atom is -0.493 e. The smallest absolute Gasteiger partial charge is 0.255 e. The van der Waals surface area contributed by atoms with Crippen LogP contribution >= 0.6 is 22.6 Å². The molecule has 1 fully saturated rings. The molecule has 1 amide bonds. The molecule has 0 unspecified atom stereocenters. The highest BCUT2D eigenvalue weighted by Gasteiger charge is 2.25. The number of nitrogens with zero attached hydrogens (tertiary/aromatic N) is 3. The van der Waals surface area contributed by atoms with E-state index in [2.05, 4.69) is 32.5 Å². The second-order valence-electron chi connectivity index (χ2n) is 6.11. The maximum Gasteiger partial charge on any atom is 0.255 e. The molecule has 0 bridgehead atoms. The first-order valence-electron chi connectivity index (χ1n) is 8.44. The fourth-order valence-corrected chi connectivity index (χ4v) is 3.71. The molecule has 0 saturated carbocycles. The van der Waals surface area contributed by atoms with E-state index in [-0.39, 0.29) is 5.91 Å². The van der Waals surface area contributed by atoms with Crippen molar-refractivity contribution in [2.24, 2.45) is 0 Å². The van der Waals surface area contributed by atoms with Gasteiger partial charge in [-0.05, 0) is 52.4 Å². The number of methoxy groups -OCH3 is 2. The van der Waals surface area contributed by atoms with Crippen LogP contribution in [0.1, 0.15) is 15.9 Å². The maximum absolute atomic E-state index is 13.0. The van der Waals surface area contributed by atoms with Crippen LogP contribution in [-0.2, 0) is 6.54 Å². The average molecular weight is 467 g/mol. The number of hydrogen-bond donors (Lipinski definition) is 0. The van der Waals surface area contributed by atoms with Crippen LogP contribution in [0, 0.1) is 3.57 Å². The van der Waals surface area contributed by atoms with Crippen molar-refractivity contribution in [2.45, 2.75) is 6.54 Å². The van der Waals surface area contributed by atoms with Crippen LogP contribution in [0.5, 0.6) is 11.5 Å². The van der Waals surface area contributed by atoms with Gasteiger partial charge in [-0.1, -0.05) is 0 Å². The zero-order chi connectivity index (χ0) is 18.5. The second kappa shape index (κ2) is 8.68. The summed E-state index contributed by atoms with van der Waals surface area (Å²) in [5.74, 6) is 1.25. The highest BCUT2D eigenvalue weighted by molar-refractivity contribution is 14.1. The lowest BCUT2D eigenvalue weighted by Crippen LogP contribution is -2.48. The zero-order valence-corrected chi connectivity index (χ0v) is 17.1. The number of piperazine rings is 1. The zero-order valence-electron chi connectivity index (χ0n) is 14.9. The molecule has 7 heteroatoms. The summed E-state index contributed by atoms with van der Waals surface area (Å²) in [6, 6.07) is 7.67. The SMILES string of the molecule is COc1cc(I)c(C(=O)N2CCN(Cc3ccncc3)CC2)cc1OC. The molecule has 0 aliphatic carbocycles. The minimum absolute atomic E-state index is 0.0407. The van der Waals surface area contributed by atoms with Crippen LogP contribution in [-0.4, -0.2) is 61.1 Å². The van der Waals surface area contributed by atoms with E-state index in [9.17, 15) is 4.79 Å². The molecule has 3 rings (SSSR count). The Morgan fingerprint density at radius 1 is 1.08 bits per heavy atom. The Bertz CT molecular complexity index is 762. The lowest BCUT2D eigenvalue weighted by atomic mass is 10.1. The van der Waals surface area contributed by atoms with E-state index in [1.54, 1.807) is 20.3 Å². The molecule has 1 aliphatic rings. The molecule has 1 aromatic carbocycles. The number of carbonyl (C=O) groups is 1. The fraction of sp³-hybridized carbons (Fsp3) is 0.368. The van der Waals surface area contributed by atoms with Gasteiger partial charge in [0.25, 0.3) is 5.91 Å². The van der Waals surface area contributed by atoms with Crippen molar-refractivity contribution in [3.05, 3.63) is 51.4 Å². The second-order valence-corrected chi connectivity index (χ2v) is 7.27. The van der Waals surface area contributed by atoms with Crippen molar-refractivity contribution in [3.63, 3.8) is 0 Å². The van der Waals surface area contributed by atoms with Gasteiger partial charge in [-0.15, -0.1) is 0 Å². The molecule has 0 spiro atoms. The van der Waals surface area contributed by atoms with E-state index < -0.39 is 0 Å². The normalized spacial score (nSPS) is 15.0. The standard InChI is InChI=1S/C19H22IN3O3/c1-25-17-11-15(16(20)12-18(17)26-2)19(24)23-9-7-22(8-10-23)13-14-3-5-21-6-4-14/h3-6,11-12H,7-10,13H2,1-2H3. The predicted molar refractivity (Wildman–Crippen MR) is 108 cm³/mol. The van der Waals surface area contributed by atoms with Gasteiger partial charge in [0, 0.05) is 48.7 Å². The van der Waals surface area contributed by atoms with Gasteiger partial charge < -0.3 is 14.4 Å². The van der Waals surface area contributed by atoms with Crippen LogP contribution < -0.4 is 9.47 Å². The first kappa shape index (κ1) is 18.9. The van der Waals surface area contributed by atoms with E-state index in [4.69, 9.17) is 9.47 Å². The van der Waals surface area contributed by atoms with Gasteiger partial charge >= 0.3 is 0 Å². The van der Waals surface area contributed by atoms with Crippen molar-refractivity contribution in [1.82, 2.24) is 14.8 Å². The molecular weight excluding hydrogens is 445 g/mol. The summed E-state index contributed by atoms with van der Waals surface area (Å²) in [6.45, 7) is 4.04. The number of halogens is 1. The van der Waals surface area contributed by atoms with E-state index >= 15 is 0 Å². The van der Waals surface area contributed by atoms with Crippen molar-refractivity contribution >= 4 is 28.5 Å². The van der Waals surface area contributed by atoms with Crippen LogP contribution in [0.4, 0.5) is 0 Å². The number of amides is 1. The van der Waals surface area contributed by atoms with Gasteiger partial charge in [0.1, 0.15) is 0 Å². The van der Waals surface area contributed by atoms with Gasteiger partial charge in [0.05, 0.1) is 19.8 Å². The van der Waals surface area contributed by atoms with E-state index in [1.807, 2.05) is 35.5 Å². The molecule has 26 heavy (non-hydrogen) atoms. The Morgan fingerprint density at radius 2 is 1.69 bits per heavy atom. The average Bonchev–Trinajstić information content (AvgIpc) is 2.68. The predicted octanol–water partition coefficient (Wildman–Crippen LogP) is 2.66. The molecule has 138 valence electrons. The Morgan fingerprint density at radius 3 is 2.31 bits per heavy atom. The maximum atomic E-state index is 13.0. The van der Waals surface area contributed by atoms with Crippen molar-refractivity contribution in [2.75, 3.05) is 40.4 Å². The highest BCUT2D eigenvalue weighted by atomic mass is 127. The van der Waals surface area contributed by atoms with Crippen LogP contribution in [0.3, 0.4) is 0 Å². The first-order chi connectivity index (χ1) is 12.6. The van der Waals surface area contributed by atoms with Crippen LogP contribution in [0.15, 0.2) is 36.7 Å². The molecule has 0 radical (unpaired) electrons. The molecule has 1 saturated heterocycles. The number of carbonyl (C=O) groups excluding carboxylic acids is 1. The van der Waals surface area contributed by atoms with Crippen LogP contribution in [0.25, 0.3) is 0 Å². The molecule has 2 aromatic rings. The van der Waals surface area contributed by atoms with E-state index in [0.717, 1.165) is 23.2 Å². The number of aromatic nitrogens is 1. The molecular formula is C19H22IN3O3. The van der Waals surface area contributed by atoms with Gasteiger partial charge in [-0.2, -0.15) is 0 Å². The molecule has 0 atom stereocenters. The van der Waals surface area contributed by atoms with Crippen LogP contribution in [0.2, 0.25) is 0 Å². The number of rotatable bonds is 5. The summed E-state index contributed by atoms with van der Waals surface area (Å²) < 4.78 is 11.5. The quantitative estimate of drug-likeness (QED) is 0.634. The summed E-state index contributed by atoms with van der Waals surface area (Å²) >= 11 is 2.17. The molecule has 2 heterocycles. The summed E-state index contributed by atoms with van der Waals surface area (Å²) in [5.41, 5.74) is 1.90. The van der Waals surface area contributed by atoms with Gasteiger partial charge in [0.15, 0.2) is 11.5 Å². The highest BCUT2D eigenvalue weighted by Crippen LogP contribution is 2.32. The van der Waals surface area contributed by atoms with Crippen molar-refractivity contribution < 1.29 is 14.3 Å². The number of ether oxygens (including phenoxy) is 2. The Labute approximate surface area is 167 Å². The lowest BCUT2D eigenvalue weighted by Gasteiger charge is -2.35. The minimum atomic E-state index is 0.0407. The third-order valence-corrected chi connectivity index (χ3v) is 5.41. The molecule has 6 nitrogen and oxygen atoms in total. The van der Waals surface area contributed by atoms with E-state index in [1.165, 1.54) is 5.56 Å². The third kappa shape index (κ3) is 4.27. The summed E-state index contributed by atoms with van der Waals surface area (Å²) in [5, 5.41) is 0. The summed E-state index contributed by atoms with van der Waals surface area (Å²) in [6.07, 6.45) is 3.63. The number of benzene rings is 1. The van der Waals surface area contributed by atoms with Crippen molar-refractivity contribution in [1.29, 1.82) is 0 Å². The first-order valence-corrected chi connectivity index (χ1v) is 9.52. The number of pyridine rings is 1. The number of hydrogen-bond acceptors (Lipinski definition) is 5. The fourth-order valence-electron chi connectivity index (χ4n) is 3.04. The summed E-state index contributed by atoms with van der Waals surface area (Å²) in [7, 11) is 3.17. The molecule has 1 aromatic heterocycles. The van der Waals surface area contributed by atoms with E-state index in [0.29, 0.717) is 30.2 Å². The monoisotopic (exact) mass is 467 g/mol. The lowest BCUT2D eigenvalue weighted by molar-refractivity contribution is 0.0627. The van der Waals surface area contributed by atoms with Gasteiger partial charge in [0.2, 0.25) is 0 Å². The van der Waals surface area contributed by atoms with Crippen molar-refractivity contribution in [3.8, 4) is 11.5 Å². The van der Waals surface area contributed by atoms with Gasteiger partial charge in [-0.3, -0.25) is 14.7 Å². The molecule has 1 aliphatic heterocycles. The largest absolute Gasteiger partial charge is 0.493 e. The summed E-state index contributed by atoms with van der Waals surface area (Å²) in [4.78, 5) is 21.3. The molecule has 0 N–H and O–H groups in total. The Hall–Kier alpha value is -1.87. The Balaban J connectivity index is 1.65. The Kier molecular flexibility index (Phi) is 6.31. The topological polar surface area (TPSA) is 54.9 Å². The van der Waals surface area contributed by atoms with Gasteiger partial charge in [-0.25, -0.2) is 0 Å². The third-order valence-electron chi connectivity index (χ3n) is 4.52.